The summed E-state index contributed by atoms with van der Waals surface area (Å²) < 4.78 is 0. The zero-order chi connectivity index (χ0) is 9.84. The van der Waals surface area contributed by atoms with Gasteiger partial charge in [0.25, 0.3) is 0 Å². The summed E-state index contributed by atoms with van der Waals surface area (Å²) in [6.07, 6.45) is 6.24. The minimum Gasteiger partial charge on any atom is -0.349 e. The fourth-order valence-electron chi connectivity index (χ4n) is 1.60. The average Bonchev–Trinajstić information content (AvgIpc) is 2.16. The summed E-state index contributed by atoms with van der Waals surface area (Å²) in [5, 5.41) is 0. The molecule has 1 aliphatic carbocycles. The van der Waals surface area contributed by atoms with E-state index in [1.54, 1.807) is 19.0 Å². The van der Waals surface area contributed by atoms with Crippen LogP contribution in [0, 0.1) is 11.8 Å². The van der Waals surface area contributed by atoms with Gasteiger partial charge >= 0.3 is 0 Å². The Morgan fingerprint density at radius 3 is 2.54 bits per heavy atom. The van der Waals surface area contributed by atoms with Crippen molar-refractivity contribution < 1.29 is 9.59 Å². The van der Waals surface area contributed by atoms with E-state index in [9.17, 15) is 9.59 Å². The van der Waals surface area contributed by atoms with E-state index in [-0.39, 0.29) is 17.7 Å². The normalized spacial score (nSPS) is 26.9. The minimum absolute atomic E-state index is 0.0569. The second-order valence-electron chi connectivity index (χ2n) is 3.58. The molecule has 2 unspecified atom stereocenters. The van der Waals surface area contributed by atoms with Gasteiger partial charge in [-0.05, 0) is 12.8 Å². The Balaban J connectivity index is 2.71. The van der Waals surface area contributed by atoms with Gasteiger partial charge in [0.2, 0.25) is 5.91 Å². The zero-order valence-corrected chi connectivity index (χ0v) is 8.06. The zero-order valence-electron chi connectivity index (χ0n) is 8.06. The smallest absolute Gasteiger partial charge is 0.226 e. The van der Waals surface area contributed by atoms with Crippen LogP contribution in [0.1, 0.15) is 12.8 Å². The Kier molecular flexibility index (Phi) is 3.23. The number of amides is 1. The number of carbonyl (C=O) groups excluding carboxylic acids is 2. The number of rotatable bonds is 2. The molecule has 1 amide bonds. The van der Waals surface area contributed by atoms with E-state index >= 15 is 0 Å². The van der Waals surface area contributed by atoms with Gasteiger partial charge in [0.15, 0.2) is 0 Å². The Morgan fingerprint density at radius 2 is 2.00 bits per heavy atom. The third kappa shape index (κ3) is 2.17. The molecule has 0 fully saturated rings. The average molecular weight is 181 g/mol. The number of hydrogen-bond acceptors (Lipinski definition) is 2. The molecule has 1 rings (SSSR count). The van der Waals surface area contributed by atoms with E-state index in [2.05, 4.69) is 0 Å². The molecule has 0 spiro atoms. The monoisotopic (exact) mass is 181 g/mol. The van der Waals surface area contributed by atoms with Crippen molar-refractivity contribution in [3.63, 3.8) is 0 Å². The van der Waals surface area contributed by atoms with Crippen LogP contribution in [-0.2, 0) is 9.59 Å². The summed E-state index contributed by atoms with van der Waals surface area (Å²) >= 11 is 0. The Labute approximate surface area is 78.4 Å². The molecule has 0 saturated carbocycles. The summed E-state index contributed by atoms with van der Waals surface area (Å²) in [4.78, 5) is 23.8. The summed E-state index contributed by atoms with van der Waals surface area (Å²) in [7, 11) is 3.45. The summed E-state index contributed by atoms with van der Waals surface area (Å²) in [6, 6.07) is 0. The maximum Gasteiger partial charge on any atom is 0.226 e. The number of aldehydes is 1. The molecule has 3 heteroatoms. The molecular formula is C10H15NO2. The first-order valence-electron chi connectivity index (χ1n) is 4.48. The van der Waals surface area contributed by atoms with Gasteiger partial charge in [0, 0.05) is 20.0 Å². The lowest BCUT2D eigenvalue weighted by Crippen LogP contribution is -2.35. The highest BCUT2D eigenvalue weighted by Crippen LogP contribution is 2.24. The van der Waals surface area contributed by atoms with Crippen molar-refractivity contribution in [2.45, 2.75) is 12.8 Å². The van der Waals surface area contributed by atoms with Crippen LogP contribution in [0.3, 0.4) is 0 Å². The quantitative estimate of drug-likeness (QED) is 0.468. The van der Waals surface area contributed by atoms with Crippen LogP contribution in [0.25, 0.3) is 0 Å². The SMILES string of the molecule is CN(C)C(=O)C1CC=CCC1C=O. The van der Waals surface area contributed by atoms with Crippen molar-refractivity contribution in [1.29, 1.82) is 0 Å². The van der Waals surface area contributed by atoms with Gasteiger partial charge in [-0.2, -0.15) is 0 Å². The molecular weight excluding hydrogens is 166 g/mol. The first-order valence-corrected chi connectivity index (χ1v) is 4.48. The van der Waals surface area contributed by atoms with E-state index < -0.39 is 0 Å². The Morgan fingerprint density at radius 1 is 1.38 bits per heavy atom. The van der Waals surface area contributed by atoms with Crippen molar-refractivity contribution in [3.8, 4) is 0 Å². The number of nitrogens with zero attached hydrogens (tertiary/aromatic N) is 1. The highest BCUT2D eigenvalue weighted by molar-refractivity contribution is 5.82. The Hall–Kier alpha value is -1.12. The first kappa shape index (κ1) is 9.96. The van der Waals surface area contributed by atoms with Gasteiger partial charge in [0.05, 0.1) is 5.92 Å². The summed E-state index contributed by atoms with van der Waals surface area (Å²) in [6.45, 7) is 0. The van der Waals surface area contributed by atoms with Crippen molar-refractivity contribution >= 4 is 12.2 Å². The van der Waals surface area contributed by atoms with Crippen LogP contribution in [-0.4, -0.2) is 31.2 Å². The molecule has 13 heavy (non-hydrogen) atoms. The summed E-state index contributed by atoms with van der Waals surface area (Å²) in [5.41, 5.74) is 0. The van der Waals surface area contributed by atoms with Gasteiger partial charge in [0.1, 0.15) is 6.29 Å². The van der Waals surface area contributed by atoms with Crippen LogP contribution in [0.2, 0.25) is 0 Å². The van der Waals surface area contributed by atoms with E-state index in [1.807, 2.05) is 12.2 Å². The fraction of sp³-hybridized carbons (Fsp3) is 0.600. The van der Waals surface area contributed by atoms with Crippen LogP contribution < -0.4 is 0 Å². The maximum absolute atomic E-state index is 11.6. The molecule has 0 bridgehead atoms. The highest BCUT2D eigenvalue weighted by Gasteiger charge is 2.29. The van der Waals surface area contributed by atoms with E-state index in [4.69, 9.17) is 0 Å². The van der Waals surface area contributed by atoms with E-state index in [0.717, 1.165) is 6.29 Å². The molecule has 0 aromatic rings. The molecule has 0 aromatic carbocycles. The van der Waals surface area contributed by atoms with Gasteiger partial charge in [-0.25, -0.2) is 0 Å². The molecule has 0 aromatic heterocycles. The minimum atomic E-state index is -0.141. The van der Waals surface area contributed by atoms with Crippen molar-refractivity contribution in [1.82, 2.24) is 4.90 Å². The van der Waals surface area contributed by atoms with Gasteiger partial charge < -0.3 is 9.69 Å². The highest BCUT2D eigenvalue weighted by atomic mass is 16.2. The van der Waals surface area contributed by atoms with Crippen molar-refractivity contribution in [3.05, 3.63) is 12.2 Å². The second kappa shape index (κ2) is 4.21. The molecule has 0 saturated heterocycles. The van der Waals surface area contributed by atoms with Crippen molar-refractivity contribution in [2.24, 2.45) is 11.8 Å². The fourth-order valence-corrected chi connectivity index (χ4v) is 1.60. The molecule has 0 aliphatic heterocycles. The topological polar surface area (TPSA) is 37.4 Å². The predicted molar refractivity (Wildman–Crippen MR) is 50.1 cm³/mol. The molecule has 0 heterocycles. The molecule has 72 valence electrons. The van der Waals surface area contributed by atoms with Gasteiger partial charge in [-0.3, -0.25) is 4.79 Å². The van der Waals surface area contributed by atoms with Crippen LogP contribution >= 0.6 is 0 Å². The van der Waals surface area contributed by atoms with Gasteiger partial charge in [-0.1, -0.05) is 12.2 Å². The summed E-state index contributed by atoms with van der Waals surface area (Å²) in [5.74, 6) is -0.209. The van der Waals surface area contributed by atoms with Crippen molar-refractivity contribution in [2.75, 3.05) is 14.1 Å². The van der Waals surface area contributed by atoms with E-state index in [1.165, 1.54) is 0 Å². The maximum atomic E-state index is 11.6. The molecule has 0 radical (unpaired) electrons. The predicted octanol–water partition coefficient (Wildman–Crippen LogP) is 0.856. The lowest BCUT2D eigenvalue weighted by atomic mass is 9.83. The number of allylic oxidation sites excluding steroid dienone is 2. The second-order valence-corrected chi connectivity index (χ2v) is 3.58. The standard InChI is InChI=1S/C10H15NO2/c1-11(2)10(13)9-6-4-3-5-8(9)7-12/h3-4,7-9H,5-6H2,1-2H3. The molecule has 3 nitrogen and oxygen atoms in total. The lowest BCUT2D eigenvalue weighted by Gasteiger charge is -2.25. The number of hydrogen-bond donors (Lipinski definition) is 0. The molecule has 1 aliphatic rings. The van der Waals surface area contributed by atoms with Crippen LogP contribution in [0.4, 0.5) is 0 Å². The Bertz CT molecular complexity index is 233. The largest absolute Gasteiger partial charge is 0.349 e. The lowest BCUT2D eigenvalue weighted by molar-refractivity contribution is -0.136. The molecule has 2 atom stereocenters. The molecule has 0 N–H and O–H groups in total. The third-order valence-corrected chi connectivity index (χ3v) is 2.41. The van der Waals surface area contributed by atoms with E-state index in [0.29, 0.717) is 12.8 Å². The van der Waals surface area contributed by atoms with Gasteiger partial charge in [-0.15, -0.1) is 0 Å². The van der Waals surface area contributed by atoms with Crippen LogP contribution in [0.15, 0.2) is 12.2 Å². The number of carbonyl (C=O) groups is 2. The first-order chi connectivity index (χ1) is 6.16. The third-order valence-electron chi connectivity index (χ3n) is 2.41. The van der Waals surface area contributed by atoms with Crippen LogP contribution in [0.5, 0.6) is 0 Å².